The van der Waals surface area contributed by atoms with Gasteiger partial charge in [-0.2, -0.15) is 4.31 Å². The van der Waals surface area contributed by atoms with Gasteiger partial charge in [0.15, 0.2) is 0 Å². The van der Waals surface area contributed by atoms with Crippen LogP contribution in [-0.4, -0.2) is 42.7 Å². The van der Waals surface area contributed by atoms with Gasteiger partial charge in [0, 0.05) is 25.3 Å². The fourth-order valence-electron chi connectivity index (χ4n) is 2.82. The molecule has 8 heteroatoms. The van der Waals surface area contributed by atoms with Gasteiger partial charge in [-0.25, -0.2) is 8.42 Å². The molecule has 6 nitrogen and oxygen atoms in total. The van der Waals surface area contributed by atoms with Crippen LogP contribution in [0.25, 0.3) is 0 Å². The van der Waals surface area contributed by atoms with Gasteiger partial charge in [-0.05, 0) is 44.2 Å². The van der Waals surface area contributed by atoms with Crippen LogP contribution in [0.2, 0.25) is 5.02 Å². The molecule has 1 aromatic carbocycles. The van der Waals surface area contributed by atoms with Crippen LogP contribution in [0.1, 0.15) is 38.1 Å². The minimum absolute atomic E-state index is 0.0499. The fraction of sp³-hybridized carbons (Fsp3) is 0.368. The number of nitrogens with zero attached hydrogens (tertiary/aromatic N) is 3. The molecule has 0 saturated carbocycles. The summed E-state index contributed by atoms with van der Waals surface area (Å²) in [5.41, 5.74) is 0.757. The molecule has 0 radical (unpaired) electrons. The Kier molecular flexibility index (Phi) is 6.97. The lowest BCUT2D eigenvalue weighted by Gasteiger charge is -2.27. The van der Waals surface area contributed by atoms with Crippen molar-refractivity contribution in [1.82, 2.24) is 9.29 Å². The molecule has 0 aliphatic carbocycles. The largest absolute Gasteiger partial charge is 0.304 e. The molecular weight excluding hydrogens is 386 g/mol. The van der Waals surface area contributed by atoms with Crippen LogP contribution >= 0.6 is 11.6 Å². The molecule has 0 unspecified atom stereocenters. The Balaban J connectivity index is 2.53. The van der Waals surface area contributed by atoms with E-state index in [-0.39, 0.29) is 27.4 Å². The summed E-state index contributed by atoms with van der Waals surface area (Å²) in [6, 6.07) is 7.57. The first kappa shape index (κ1) is 21.3. The number of rotatable bonds is 7. The van der Waals surface area contributed by atoms with E-state index in [9.17, 15) is 13.2 Å². The van der Waals surface area contributed by atoms with E-state index in [1.165, 1.54) is 22.5 Å². The van der Waals surface area contributed by atoms with Crippen molar-refractivity contribution >= 4 is 33.2 Å². The standard InChI is InChI=1S/C19H24ClN3O3S/c1-5-22(6-2)27(25,26)16-9-10-18(20)17(12-16)19(24)23(14(3)4)15-8-7-11-21-13-15/h7-14H,5-6H2,1-4H3. The fourth-order valence-corrected chi connectivity index (χ4v) is 4.50. The minimum atomic E-state index is -3.69. The van der Waals surface area contributed by atoms with Crippen molar-refractivity contribution in [3.05, 3.63) is 53.3 Å². The normalized spacial score (nSPS) is 11.8. The predicted molar refractivity (Wildman–Crippen MR) is 108 cm³/mol. The maximum Gasteiger partial charge on any atom is 0.260 e. The molecule has 0 aliphatic heterocycles. The van der Waals surface area contributed by atoms with Crippen LogP contribution in [0.4, 0.5) is 5.69 Å². The molecule has 0 aliphatic rings. The Hall–Kier alpha value is -1.96. The average molecular weight is 410 g/mol. The molecule has 146 valence electrons. The van der Waals surface area contributed by atoms with Crippen molar-refractivity contribution in [3.63, 3.8) is 0 Å². The third-order valence-corrected chi connectivity index (χ3v) is 6.55. The number of halogens is 1. The lowest BCUT2D eigenvalue weighted by Crippen LogP contribution is -2.37. The molecule has 0 bridgehead atoms. The molecule has 0 spiro atoms. The molecule has 0 fully saturated rings. The average Bonchev–Trinajstić information content (AvgIpc) is 2.63. The highest BCUT2D eigenvalue weighted by molar-refractivity contribution is 7.89. The van der Waals surface area contributed by atoms with Crippen molar-refractivity contribution in [1.29, 1.82) is 0 Å². The highest BCUT2D eigenvalue weighted by Crippen LogP contribution is 2.27. The topological polar surface area (TPSA) is 70.6 Å². The van der Waals surface area contributed by atoms with Gasteiger partial charge in [0.05, 0.1) is 27.4 Å². The molecule has 2 aromatic rings. The number of sulfonamides is 1. The second kappa shape index (κ2) is 8.82. The molecule has 0 N–H and O–H groups in total. The summed E-state index contributed by atoms with van der Waals surface area (Å²) in [6.45, 7) is 7.97. The van der Waals surface area contributed by atoms with Crippen molar-refractivity contribution in [3.8, 4) is 0 Å². The van der Waals surface area contributed by atoms with Crippen LogP contribution in [0.3, 0.4) is 0 Å². The summed E-state index contributed by atoms with van der Waals surface area (Å²) in [5, 5.41) is 0.202. The molecule has 0 saturated heterocycles. The number of carbonyl (C=O) groups excluding carboxylic acids is 1. The predicted octanol–water partition coefficient (Wildman–Crippen LogP) is 3.82. The van der Waals surface area contributed by atoms with Crippen LogP contribution in [0, 0.1) is 0 Å². The van der Waals surface area contributed by atoms with E-state index in [1.807, 2.05) is 13.8 Å². The smallest absolute Gasteiger partial charge is 0.260 e. The van der Waals surface area contributed by atoms with E-state index in [2.05, 4.69) is 4.98 Å². The summed E-state index contributed by atoms with van der Waals surface area (Å²) >= 11 is 6.25. The van der Waals surface area contributed by atoms with Gasteiger partial charge in [-0.1, -0.05) is 25.4 Å². The molecule has 2 rings (SSSR count). The zero-order valence-corrected chi connectivity index (χ0v) is 17.5. The number of hydrogen-bond donors (Lipinski definition) is 0. The zero-order valence-electron chi connectivity index (χ0n) is 15.9. The third-order valence-electron chi connectivity index (χ3n) is 4.17. The lowest BCUT2D eigenvalue weighted by atomic mass is 10.1. The van der Waals surface area contributed by atoms with Crippen LogP contribution in [-0.2, 0) is 10.0 Å². The van der Waals surface area contributed by atoms with Crippen molar-refractivity contribution in [2.75, 3.05) is 18.0 Å². The van der Waals surface area contributed by atoms with Gasteiger partial charge in [-0.3, -0.25) is 9.78 Å². The van der Waals surface area contributed by atoms with Gasteiger partial charge in [-0.15, -0.1) is 0 Å². The summed E-state index contributed by atoms with van der Waals surface area (Å²) in [7, 11) is -3.69. The summed E-state index contributed by atoms with van der Waals surface area (Å²) in [5.74, 6) is -0.375. The Labute approximate surface area is 165 Å². The van der Waals surface area contributed by atoms with Crippen molar-refractivity contribution < 1.29 is 13.2 Å². The zero-order chi connectivity index (χ0) is 20.2. The van der Waals surface area contributed by atoms with Gasteiger partial charge >= 0.3 is 0 Å². The molecule has 1 heterocycles. The summed E-state index contributed by atoms with van der Waals surface area (Å²) < 4.78 is 26.9. The molecule has 1 amide bonds. The summed E-state index contributed by atoms with van der Waals surface area (Å²) in [4.78, 5) is 18.9. The maximum atomic E-state index is 13.2. The second-order valence-corrected chi connectivity index (χ2v) is 8.56. The molecule has 27 heavy (non-hydrogen) atoms. The summed E-state index contributed by atoms with van der Waals surface area (Å²) in [6.07, 6.45) is 3.21. The Morgan fingerprint density at radius 2 is 1.85 bits per heavy atom. The molecule has 0 atom stereocenters. The number of benzene rings is 1. The first-order valence-corrected chi connectivity index (χ1v) is 10.6. The number of aromatic nitrogens is 1. The second-order valence-electron chi connectivity index (χ2n) is 6.21. The Morgan fingerprint density at radius 3 is 2.37 bits per heavy atom. The van der Waals surface area contributed by atoms with E-state index < -0.39 is 10.0 Å². The lowest BCUT2D eigenvalue weighted by molar-refractivity contribution is 0.0980. The Morgan fingerprint density at radius 1 is 1.19 bits per heavy atom. The third kappa shape index (κ3) is 4.48. The maximum absolute atomic E-state index is 13.2. The SMILES string of the molecule is CCN(CC)S(=O)(=O)c1ccc(Cl)c(C(=O)N(c2cccnc2)C(C)C)c1. The van der Waals surface area contributed by atoms with Crippen LogP contribution < -0.4 is 4.90 Å². The van der Waals surface area contributed by atoms with Crippen LogP contribution in [0.15, 0.2) is 47.6 Å². The van der Waals surface area contributed by atoms with E-state index in [0.29, 0.717) is 18.8 Å². The Bertz CT molecular complexity index is 898. The van der Waals surface area contributed by atoms with Crippen molar-refractivity contribution in [2.45, 2.75) is 38.6 Å². The highest BCUT2D eigenvalue weighted by atomic mass is 35.5. The van der Waals surface area contributed by atoms with Gasteiger partial charge in [0.25, 0.3) is 5.91 Å². The van der Waals surface area contributed by atoms with E-state index in [4.69, 9.17) is 11.6 Å². The van der Waals surface area contributed by atoms with E-state index in [1.54, 1.807) is 43.3 Å². The van der Waals surface area contributed by atoms with Crippen molar-refractivity contribution in [2.24, 2.45) is 0 Å². The number of hydrogen-bond acceptors (Lipinski definition) is 4. The number of amides is 1. The van der Waals surface area contributed by atoms with E-state index >= 15 is 0 Å². The van der Waals surface area contributed by atoms with Gasteiger partial charge < -0.3 is 4.90 Å². The first-order chi connectivity index (χ1) is 12.7. The van der Waals surface area contributed by atoms with Crippen LogP contribution in [0.5, 0.6) is 0 Å². The number of carbonyl (C=O) groups is 1. The highest BCUT2D eigenvalue weighted by Gasteiger charge is 2.27. The number of anilines is 1. The monoisotopic (exact) mass is 409 g/mol. The minimum Gasteiger partial charge on any atom is -0.304 e. The van der Waals surface area contributed by atoms with E-state index in [0.717, 1.165) is 0 Å². The molecular formula is C19H24ClN3O3S. The van der Waals surface area contributed by atoms with Gasteiger partial charge in [0.2, 0.25) is 10.0 Å². The quantitative estimate of drug-likeness (QED) is 0.696. The van der Waals surface area contributed by atoms with Gasteiger partial charge in [0.1, 0.15) is 0 Å². The first-order valence-electron chi connectivity index (χ1n) is 8.77. The molecule has 1 aromatic heterocycles. The number of pyridine rings is 1.